The maximum Gasteiger partial charge on any atom is 0.128 e. The molecule has 0 aromatic carbocycles. The summed E-state index contributed by atoms with van der Waals surface area (Å²) < 4.78 is 0. The van der Waals surface area contributed by atoms with Gasteiger partial charge >= 0.3 is 0 Å². The molecular weight excluding hydrogens is 212 g/mol. The molecule has 0 spiro atoms. The van der Waals surface area contributed by atoms with Gasteiger partial charge in [0.15, 0.2) is 0 Å². The maximum absolute atomic E-state index is 9.51. The zero-order valence-electron chi connectivity index (χ0n) is 10.8. The van der Waals surface area contributed by atoms with E-state index in [9.17, 15) is 5.11 Å². The van der Waals surface area contributed by atoms with Gasteiger partial charge in [-0.15, -0.1) is 0 Å². The van der Waals surface area contributed by atoms with Gasteiger partial charge in [-0.2, -0.15) is 0 Å². The van der Waals surface area contributed by atoms with Crippen LogP contribution in [0.5, 0.6) is 0 Å². The molecule has 1 fully saturated rings. The molecule has 0 amide bonds. The van der Waals surface area contributed by atoms with Crippen LogP contribution in [0.2, 0.25) is 0 Å². The van der Waals surface area contributed by atoms with E-state index in [2.05, 4.69) is 30.9 Å². The number of aliphatic hydroxyl groups excluding tert-OH is 1. The largest absolute Gasteiger partial charge is 0.393 e. The van der Waals surface area contributed by atoms with Crippen LogP contribution >= 0.6 is 0 Å². The van der Waals surface area contributed by atoms with Gasteiger partial charge in [0.05, 0.1) is 6.10 Å². The van der Waals surface area contributed by atoms with Crippen LogP contribution in [0.3, 0.4) is 0 Å². The van der Waals surface area contributed by atoms with Crippen molar-refractivity contribution in [3.8, 4) is 0 Å². The van der Waals surface area contributed by atoms with Crippen LogP contribution in [-0.4, -0.2) is 29.3 Å². The fourth-order valence-electron chi connectivity index (χ4n) is 2.42. The van der Waals surface area contributed by atoms with Gasteiger partial charge in [0, 0.05) is 18.8 Å². The molecule has 0 radical (unpaired) electrons. The van der Waals surface area contributed by atoms with Crippen molar-refractivity contribution >= 4 is 5.82 Å². The van der Waals surface area contributed by atoms with Gasteiger partial charge in [-0.3, -0.25) is 0 Å². The zero-order chi connectivity index (χ0) is 12.3. The Hall–Kier alpha value is -1.09. The van der Waals surface area contributed by atoms with Gasteiger partial charge in [0.25, 0.3) is 0 Å². The van der Waals surface area contributed by atoms with Crippen molar-refractivity contribution in [2.24, 2.45) is 0 Å². The number of aryl methyl sites for hydroxylation is 2. The summed E-state index contributed by atoms with van der Waals surface area (Å²) in [6.45, 7) is 6.17. The second kappa shape index (κ2) is 5.50. The molecule has 17 heavy (non-hydrogen) atoms. The van der Waals surface area contributed by atoms with Crippen LogP contribution < -0.4 is 4.90 Å². The Labute approximate surface area is 103 Å². The molecule has 3 heteroatoms. The van der Waals surface area contributed by atoms with Gasteiger partial charge in [0.1, 0.15) is 5.82 Å². The summed E-state index contributed by atoms with van der Waals surface area (Å²) in [7, 11) is 0. The summed E-state index contributed by atoms with van der Waals surface area (Å²) in [5.74, 6) is 1.07. The van der Waals surface area contributed by atoms with Gasteiger partial charge in [-0.25, -0.2) is 4.98 Å². The van der Waals surface area contributed by atoms with Crippen LogP contribution in [-0.2, 0) is 12.8 Å². The smallest absolute Gasteiger partial charge is 0.128 e. The van der Waals surface area contributed by atoms with Crippen LogP contribution in [0, 0.1) is 0 Å². The summed E-state index contributed by atoms with van der Waals surface area (Å²) in [4.78, 5) is 7.04. The highest BCUT2D eigenvalue weighted by molar-refractivity contribution is 5.42. The number of pyridine rings is 1. The SMILES string of the molecule is CCc1ccc(N2CCC(O)CC2)nc1CC. The highest BCUT2D eigenvalue weighted by Crippen LogP contribution is 2.20. The number of aromatic nitrogens is 1. The van der Waals surface area contributed by atoms with Crippen molar-refractivity contribution in [1.29, 1.82) is 0 Å². The van der Waals surface area contributed by atoms with Gasteiger partial charge in [-0.1, -0.05) is 19.9 Å². The minimum absolute atomic E-state index is 0.119. The van der Waals surface area contributed by atoms with Crippen molar-refractivity contribution in [3.63, 3.8) is 0 Å². The summed E-state index contributed by atoms with van der Waals surface area (Å²) in [6.07, 6.45) is 3.65. The molecule has 0 aliphatic carbocycles. The summed E-state index contributed by atoms with van der Waals surface area (Å²) in [5, 5.41) is 9.51. The van der Waals surface area contributed by atoms with Crippen molar-refractivity contribution < 1.29 is 5.11 Å². The molecule has 1 N–H and O–H groups in total. The third kappa shape index (κ3) is 2.78. The van der Waals surface area contributed by atoms with E-state index >= 15 is 0 Å². The number of aliphatic hydroxyl groups is 1. The molecule has 94 valence electrons. The molecular formula is C14H22N2O. The molecule has 3 nitrogen and oxygen atoms in total. The van der Waals surface area contributed by atoms with E-state index in [1.54, 1.807) is 0 Å². The molecule has 1 aliphatic heterocycles. The number of rotatable bonds is 3. The molecule has 1 aromatic heterocycles. The average molecular weight is 234 g/mol. The minimum Gasteiger partial charge on any atom is -0.393 e. The number of nitrogens with zero attached hydrogens (tertiary/aromatic N) is 2. The lowest BCUT2D eigenvalue weighted by atomic mass is 10.1. The van der Waals surface area contributed by atoms with Gasteiger partial charge < -0.3 is 10.0 Å². The Morgan fingerprint density at radius 3 is 2.53 bits per heavy atom. The molecule has 0 atom stereocenters. The van der Waals surface area contributed by atoms with E-state index < -0.39 is 0 Å². The van der Waals surface area contributed by atoms with Crippen LogP contribution in [0.15, 0.2) is 12.1 Å². The Bertz CT molecular complexity index is 370. The first-order valence-corrected chi connectivity index (χ1v) is 6.66. The molecule has 0 unspecified atom stereocenters. The number of hydrogen-bond acceptors (Lipinski definition) is 3. The second-order valence-electron chi connectivity index (χ2n) is 4.70. The molecule has 1 aromatic rings. The van der Waals surface area contributed by atoms with Crippen molar-refractivity contribution in [2.45, 2.75) is 45.6 Å². The Morgan fingerprint density at radius 1 is 1.24 bits per heavy atom. The summed E-state index contributed by atoms with van der Waals surface area (Å²) in [5.41, 5.74) is 2.57. The molecule has 0 saturated carbocycles. The molecule has 1 saturated heterocycles. The second-order valence-corrected chi connectivity index (χ2v) is 4.70. The standard InChI is InChI=1S/C14H22N2O/c1-3-11-5-6-14(15-13(11)4-2)16-9-7-12(17)8-10-16/h5-6,12,17H,3-4,7-10H2,1-2H3. The number of piperidine rings is 1. The average Bonchev–Trinajstić information content (AvgIpc) is 2.39. The normalized spacial score (nSPS) is 17.5. The third-order valence-electron chi connectivity index (χ3n) is 3.56. The van der Waals surface area contributed by atoms with E-state index in [0.717, 1.165) is 44.6 Å². The lowest BCUT2D eigenvalue weighted by Crippen LogP contribution is -2.36. The molecule has 0 bridgehead atoms. The molecule has 1 aliphatic rings. The number of hydrogen-bond donors (Lipinski definition) is 1. The van der Waals surface area contributed by atoms with Crippen molar-refractivity contribution in [1.82, 2.24) is 4.98 Å². The molecule has 2 rings (SSSR count). The van der Waals surface area contributed by atoms with E-state index in [1.807, 2.05) is 0 Å². The fraction of sp³-hybridized carbons (Fsp3) is 0.643. The predicted molar refractivity (Wildman–Crippen MR) is 70.4 cm³/mol. The van der Waals surface area contributed by atoms with Gasteiger partial charge in [0.2, 0.25) is 0 Å². The Kier molecular flexibility index (Phi) is 4.00. The summed E-state index contributed by atoms with van der Waals surface area (Å²) in [6, 6.07) is 4.32. The van der Waals surface area contributed by atoms with E-state index in [1.165, 1.54) is 11.3 Å². The topological polar surface area (TPSA) is 36.4 Å². The van der Waals surface area contributed by atoms with Crippen LogP contribution in [0.4, 0.5) is 5.82 Å². The van der Waals surface area contributed by atoms with E-state index in [4.69, 9.17) is 4.98 Å². The van der Waals surface area contributed by atoms with Crippen LogP contribution in [0.25, 0.3) is 0 Å². The van der Waals surface area contributed by atoms with Crippen LogP contribution in [0.1, 0.15) is 37.9 Å². The Morgan fingerprint density at radius 2 is 1.94 bits per heavy atom. The molecule has 2 heterocycles. The first-order valence-electron chi connectivity index (χ1n) is 6.66. The lowest BCUT2D eigenvalue weighted by Gasteiger charge is -2.31. The van der Waals surface area contributed by atoms with E-state index in [0.29, 0.717) is 0 Å². The quantitative estimate of drug-likeness (QED) is 0.870. The Balaban J connectivity index is 2.16. The maximum atomic E-state index is 9.51. The first kappa shape index (κ1) is 12.4. The lowest BCUT2D eigenvalue weighted by molar-refractivity contribution is 0.145. The number of anilines is 1. The first-order chi connectivity index (χ1) is 8.24. The van der Waals surface area contributed by atoms with Gasteiger partial charge in [-0.05, 0) is 37.3 Å². The predicted octanol–water partition coefficient (Wildman–Crippen LogP) is 2.17. The minimum atomic E-state index is -0.119. The summed E-state index contributed by atoms with van der Waals surface area (Å²) >= 11 is 0. The van der Waals surface area contributed by atoms with E-state index in [-0.39, 0.29) is 6.10 Å². The fourth-order valence-corrected chi connectivity index (χ4v) is 2.42. The highest BCUT2D eigenvalue weighted by atomic mass is 16.3. The highest BCUT2D eigenvalue weighted by Gasteiger charge is 2.18. The zero-order valence-corrected chi connectivity index (χ0v) is 10.8. The monoisotopic (exact) mass is 234 g/mol. The van der Waals surface area contributed by atoms with Crippen molar-refractivity contribution in [2.75, 3.05) is 18.0 Å². The van der Waals surface area contributed by atoms with Crippen molar-refractivity contribution in [3.05, 3.63) is 23.4 Å². The third-order valence-corrected chi connectivity index (χ3v) is 3.56.